The maximum atomic E-state index is 11.6. The van der Waals surface area contributed by atoms with Crippen LogP contribution in [0.25, 0.3) is 10.9 Å². The van der Waals surface area contributed by atoms with Gasteiger partial charge in [0.05, 0.1) is 30.7 Å². The first-order valence-electron chi connectivity index (χ1n) is 5.52. The molecule has 1 aromatic heterocycles. The van der Waals surface area contributed by atoms with Gasteiger partial charge >= 0.3 is 0 Å². The fraction of sp³-hybridized carbons (Fsp3) is 0.308. The van der Waals surface area contributed by atoms with Gasteiger partial charge in [-0.3, -0.25) is 4.79 Å². The molecule has 0 aliphatic carbocycles. The molecule has 0 aliphatic heterocycles. The molecule has 0 aliphatic rings. The second-order valence-electron chi connectivity index (χ2n) is 4.11. The average molecular weight is 248 g/mol. The van der Waals surface area contributed by atoms with Crippen LogP contribution in [0.1, 0.15) is 16.1 Å². The van der Waals surface area contributed by atoms with Crippen molar-refractivity contribution < 1.29 is 14.3 Å². The highest BCUT2D eigenvalue weighted by Gasteiger charge is 2.20. The van der Waals surface area contributed by atoms with E-state index < -0.39 is 5.91 Å². The lowest BCUT2D eigenvalue weighted by atomic mass is 10.1. The molecule has 1 aromatic carbocycles. The summed E-state index contributed by atoms with van der Waals surface area (Å²) in [6.07, 6.45) is 0. The Kier molecular flexibility index (Phi) is 2.90. The van der Waals surface area contributed by atoms with Crippen molar-refractivity contribution in [2.75, 3.05) is 14.2 Å². The van der Waals surface area contributed by atoms with Crippen molar-refractivity contribution in [3.05, 3.63) is 23.4 Å². The second-order valence-corrected chi connectivity index (χ2v) is 4.11. The minimum absolute atomic E-state index is 0.457. The van der Waals surface area contributed by atoms with Crippen LogP contribution >= 0.6 is 0 Å². The van der Waals surface area contributed by atoms with E-state index in [4.69, 9.17) is 15.2 Å². The Balaban J connectivity index is 2.95. The summed E-state index contributed by atoms with van der Waals surface area (Å²) < 4.78 is 12.5. The van der Waals surface area contributed by atoms with Crippen LogP contribution in [-0.2, 0) is 7.05 Å². The van der Waals surface area contributed by atoms with Crippen LogP contribution in [0.5, 0.6) is 11.5 Å². The zero-order chi connectivity index (χ0) is 13.4. The van der Waals surface area contributed by atoms with Crippen LogP contribution < -0.4 is 15.2 Å². The van der Waals surface area contributed by atoms with Crippen LogP contribution in [0.3, 0.4) is 0 Å². The summed E-state index contributed by atoms with van der Waals surface area (Å²) >= 11 is 0. The molecule has 0 unspecified atom stereocenters. The molecule has 0 atom stereocenters. The lowest BCUT2D eigenvalue weighted by Gasteiger charge is -2.07. The first kappa shape index (κ1) is 12.3. The summed E-state index contributed by atoms with van der Waals surface area (Å²) in [5, 5.41) is 0.728. The van der Waals surface area contributed by atoms with Gasteiger partial charge in [-0.1, -0.05) is 0 Å². The molecule has 18 heavy (non-hydrogen) atoms. The standard InChI is InChI=1S/C13H16N2O3/c1-7-11(13(14)16)12-9(15(7)2)5-8(17-3)6-10(12)18-4/h5-6H,1-4H3,(H2,14,16). The number of carbonyl (C=O) groups excluding carboxylic acids is 1. The molecule has 2 aromatic rings. The number of hydrogen-bond donors (Lipinski definition) is 1. The summed E-state index contributed by atoms with van der Waals surface area (Å²) in [7, 11) is 5.02. The number of carbonyl (C=O) groups is 1. The third-order valence-electron chi connectivity index (χ3n) is 3.23. The minimum Gasteiger partial charge on any atom is -0.497 e. The Labute approximate surface area is 105 Å². The first-order chi connectivity index (χ1) is 8.51. The van der Waals surface area contributed by atoms with E-state index in [0.717, 1.165) is 16.6 Å². The number of methoxy groups -OCH3 is 2. The number of aromatic nitrogens is 1. The van der Waals surface area contributed by atoms with Crippen molar-refractivity contribution in [3.8, 4) is 11.5 Å². The SMILES string of the molecule is COc1cc(OC)c2c(C(N)=O)c(C)n(C)c2c1. The molecular formula is C13H16N2O3. The van der Waals surface area contributed by atoms with Crippen molar-refractivity contribution in [1.82, 2.24) is 4.57 Å². The van der Waals surface area contributed by atoms with Crippen molar-refractivity contribution in [2.24, 2.45) is 12.8 Å². The van der Waals surface area contributed by atoms with E-state index in [9.17, 15) is 4.79 Å². The van der Waals surface area contributed by atoms with Gasteiger partial charge in [-0.2, -0.15) is 0 Å². The number of aryl methyl sites for hydroxylation is 1. The minimum atomic E-state index is -0.457. The van der Waals surface area contributed by atoms with Crippen LogP contribution in [0.2, 0.25) is 0 Å². The van der Waals surface area contributed by atoms with Gasteiger partial charge in [-0.05, 0) is 6.92 Å². The summed E-state index contributed by atoms with van der Waals surface area (Å²) in [5.74, 6) is 0.805. The highest BCUT2D eigenvalue weighted by atomic mass is 16.5. The van der Waals surface area contributed by atoms with Crippen LogP contribution in [0.15, 0.2) is 12.1 Å². The molecule has 0 spiro atoms. The molecule has 0 radical (unpaired) electrons. The lowest BCUT2D eigenvalue weighted by Crippen LogP contribution is -2.12. The van der Waals surface area contributed by atoms with Crippen LogP contribution in [0, 0.1) is 6.92 Å². The maximum absolute atomic E-state index is 11.6. The number of primary amides is 1. The number of ether oxygens (including phenoxy) is 2. The van der Waals surface area contributed by atoms with Gasteiger partial charge in [0.25, 0.3) is 5.91 Å². The van der Waals surface area contributed by atoms with E-state index in [1.807, 2.05) is 24.6 Å². The Morgan fingerprint density at radius 3 is 2.44 bits per heavy atom. The van der Waals surface area contributed by atoms with Crippen molar-refractivity contribution in [2.45, 2.75) is 6.92 Å². The number of nitrogens with two attached hydrogens (primary N) is 1. The van der Waals surface area contributed by atoms with Crippen LogP contribution in [-0.4, -0.2) is 24.7 Å². The van der Waals surface area contributed by atoms with E-state index in [2.05, 4.69) is 0 Å². The van der Waals surface area contributed by atoms with Gasteiger partial charge in [0.1, 0.15) is 11.5 Å². The number of nitrogens with zero attached hydrogens (tertiary/aromatic N) is 1. The Morgan fingerprint density at radius 2 is 1.94 bits per heavy atom. The van der Waals surface area contributed by atoms with Crippen molar-refractivity contribution in [3.63, 3.8) is 0 Å². The molecule has 2 N–H and O–H groups in total. The smallest absolute Gasteiger partial charge is 0.251 e. The molecule has 0 bridgehead atoms. The number of benzene rings is 1. The second kappa shape index (κ2) is 4.25. The number of hydrogen-bond acceptors (Lipinski definition) is 3. The van der Waals surface area contributed by atoms with Gasteiger partial charge in [0.2, 0.25) is 0 Å². The van der Waals surface area contributed by atoms with E-state index in [-0.39, 0.29) is 0 Å². The van der Waals surface area contributed by atoms with E-state index in [1.54, 1.807) is 20.3 Å². The molecule has 0 saturated carbocycles. The normalized spacial score (nSPS) is 10.7. The largest absolute Gasteiger partial charge is 0.497 e. The number of fused-ring (bicyclic) bond motifs is 1. The molecule has 0 fully saturated rings. The number of amides is 1. The first-order valence-corrected chi connectivity index (χ1v) is 5.52. The summed E-state index contributed by atoms with van der Waals surface area (Å²) in [5.41, 5.74) is 7.61. The third-order valence-corrected chi connectivity index (χ3v) is 3.23. The van der Waals surface area contributed by atoms with Gasteiger partial charge < -0.3 is 19.8 Å². The fourth-order valence-electron chi connectivity index (χ4n) is 2.20. The molecule has 0 saturated heterocycles. The molecular weight excluding hydrogens is 232 g/mol. The number of rotatable bonds is 3. The highest BCUT2D eigenvalue weighted by molar-refractivity contribution is 6.10. The third kappa shape index (κ3) is 1.59. The summed E-state index contributed by atoms with van der Waals surface area (Å²) in [6.45, 7) is 1.85. The Bertz CT molecular complexity index is 629. The summed E-state index contributed by atoms with van der Waals surface area (Å²) in [6, 6.07) is 3.60. The Morgan fingerprint density at radius 1 is 1.28 bits per heavy atom. The lowest BCUT2D eigenvalue weighted by molar-refractivity contribution is 0.100. The van der Waals surface area contributed by atoms with E-state index in [1.165, 1.54) is 0 Å². The maximum Gasteiger partial charge on any atom is 0.251 e. The van der Waals surface area contributed by atoms with Gasteiger partial charge in [0, 0.05) is 24.9 Å². The molecule has 5 heteroatoms. The van der Waals surface area contributed by atoms with Gasteiger partial charge in [-0.15, -0.1) is 0 Å². The molecule has 1 heterocycles. The monoisotopic (exact) mass is 248 g/mol. The quantitative estimate of drug-likeness (QED) is 0.897. The van der Waals surface area contributed by atoms with E-state index in [0.29, 0.717) is 17.1 Å². The fourth-order valence-corrected chi connectivity index (χ4v) is 2.20. The topological polar surface area (TPSA) is 66.5 Å². The highest BCUT2D eigenvalue weighted by Crippen LogP contribution is 2.36. The average Bonchev–Trinajstić information content (AvgIpc) is 2.61. The van der Waals surface area contributed by atoms with Crippen LogP contribution in [0.4, 0.5) is 0 Å². The molecule has 1 amide bonds. The molecule has 5 nitrogen and oxygen atoms in total. The van der Waals surface area contributed by atoms with Crippen molar-refractivity contribution >= 4 is 16.8 Å². The zero-order valence-electron chi connectivity index (χ0n) is 10.9. The zero-order valence-corrected chi connectivity index (χ0v) is 10.9. The van der Waals surface area contributed by atoms with E-state index >= 15 is 0 Å². The van der Waals surface area contributed by atoms with Crippen molar-refractivity contribution in [1.29, 1.82) is 0 Å². The summed E-state index contributed by atoms with van der Waals surface area (Å²) in [4.78, 5) is 11.6. The van der Waals surface area contributed by atoms with Gasteiger partial charge in [0.15, 0.2) is 0 Å². The van der Waals surface area contributed by atoms with Gasteiger partial charge in [-0.25, -0.2) is 0 Å². The Hall–Kier alpha value is -2.17. The predicted molar refractivity (Wildman–Crippen MR) is 69.3 cm³/mol. The molecule has 96 valence electrons. The molecule has 2 rings (SSSR count). The predicted octanol–water partition coefficient (Wildman–Crippen LogP) is 1.60.